The van der Waals surface area contributed by atoms with Crippen LogP contribution in [0, 0.1) is 0 Å². The highest BCUT2D eigenvalue weighted by atomic mass is 19.4. The molecule has 0 spiro atoms. The average molecular weight is 312 g/mol. The fourth-order valence-electron chi connectivity index (χ4n) is 2.48. The summed E-state index contributed by atoms with van der Waals surface area (Å²) in [6.45, 7) is 3.80. The molecule has 0 aromatic rings. The Morgan fingerprint density at radius 3 is 2.62 bits per heavy atom. The van der Waals surface area contributed by atoms with Crippen LogP contribution < -0.4 is 0 Å². The predicted octanol–water partition coefficient (Wildman–Crippen LogP) is 1.13. The topological polar surface area (TPSA) is 42.0 Å². The van der Waals surface area contributed by atoms with Crippen molar-refractivity contribution in [1.82, 2.24) is 9.80 Å². The van der Waals surface area contributed by atoms with E-state index in [0.29, 0.717) is 24.6 Å². The number of hydrogen-bond donors (Lipinski definition) is 0. The van der Waals surface area contributed by atoms with Crippen LogP contribution in [0.4, 0.5) is 13.2 Å². The summed E-state index contributed by atoms with van der Waals surface area (Å²) in [4.78, 5) is 14.4. The SMILES string of the molecule is COC[C@H]1CN(CC(=O)N(C)CC(F)(F)F)CC(C)(C)O1. The molecule has 0 bridgehead atoms. The summed E-state index contributed by atoms with van der Waals surface area (Å²) in [6, 6.07) is 0. The van der Waals surface area contributed by atoms with Gasteiger partial charge in [0.25, 0.3) is 0 Å². The zero-order valence-corrected chi connectivity index (χ0v) is 12.9. The first kappa shape index (κ1) is 18.2. The normalized spacial score (nSPS) is 23.1. The van der Waals surface area contributed by atoms with Gasteiger partial charge in [0, 0.05) is 27.2 Å². The highest BCUT2D eigenvalue weighted by molar-refractivity contribution is 5.78. The molecule has 1 heterocycles. The minimum absolute atomic E-state index is 0.0560. The highest BCUT2D eigenvalue weighted by Gasteiger charge is 2.36. The molecule has 21 heavy (non-hydrogen) atoms. The lowest BCUT2D eigenvalue weighted by Crippen LogP contribution is -2.56. The van der Waals surface area contributed by atoms with Crippen molar-refractivity contribution in [3.05, 3.63) is 0 Å². The third-order valence-electron chi connectivity index (χ3n) is 3.11. The molecule has 0 saturated carbocycles. The van der Waals surface area contributed by atoms with E-state index in [1.165, 1.54) is 0 Å². The number of halogens is 3. The summed E-state index contributed by atoms with van der Waals surface area (Å²) in [5.41, 5.74) is -0.468. The summed E-state index contributed by atoms with van der Waals surface area (Å²) >= 11 is 0. The maximum Gasteiger partial charge on any atom is 0.406 e. The molecule has 1 rings (SSSR count). The number of carbonyl (C=O) groups excluding carboxylic acids is 1. The van der Waals surface area contributed by atoms with Gasteiger partial charge in [-0.1, -0.05) is 0 Å². The van der Waals surface area contributed by atoms with E-state index in [0.717, 1.165) is 7.05 Å². The van der Waals surface area contributed by atoms with Gasteiger partial charge in [-0.3, -0.25) is 9.69 Å². The number of amides is 1. The number of nitrogens with zero attached hydrogens (tertiary/aromatic N) is 2. The number of hydrogen-bond acceptors (Lipinski definition) is 4. The van der Waals surface area contributed by atoms with Crippen LogP contribution in [-0.2, 0) is 14.3 Å². The van der Waals surface area contributed by atoms with Crippen LogP contribution in [0.25, 0.3) is 0 Å². The molecule has 1 saturated heterocycles. The molecule has 0 aromatic heterocycles. The molecule has 5 nitrogen and oxygen atoms in total. The van der Waals surface area contributed by atoms with Crippen molar-refractivity contribution < 1.29 is 27.4 Å². The van der Waals surface area contributed by atoms with Crippen LogP contribution in [0.3, 0.4) is 0 Å². The van der Waals surface area contributed by atoms with Crippen molar-refractivity contribution in [2.75, 3.05) is 46.9 Å². The number of alkyl halides is 3. The lowest BCUT2D eigenvalue weighted by atomic mass is 10.1. The Morgan fingerprint density at radius 1 is 1.48 bits per heavy atom. The molecular weight excluding hydrogens is 289 g/mol. The minimum Gasteiger partial charge on any atom is -0.382 e. The van der Waals surface area contributed by atoms with Gasteiger partial charge in [0.05, 0.1) is 24.9 Å². The van der Waals surface area contributed by atoms with Crippen LogP contribution in [0.15, 0.2) is 0 Å². The minimum atomic E-state index is -4.38. The average Bonchev–Trinajstić information content (AvgIpc) is 2.24. The second kappa shape index (κ2) is 6.93. The first-order valence-electron chi connectivity index (χ1n) is 6.72. The van der Waals surface area contributed by atoms with Crippen LogP contribution in [-0.4, -0.2) is 80.5 Å². The van der Waals surface area contributed by atoms with E-state index in [2.05, 4.69) is 0 Å². The molecule has 0 unspecified atom stereocenters. The van der Waals surface area contributed by atoms with E-state index in [9.17, 15) is 18.0 Å². The smallest absolute Gasteiger partial charge is 0.382 e. The van der Waals surface area contributed by atoms with Crippen molar-refractivity contribution in [2.45, 2.75) is 31.7 Å². The quantitative estimate of drug-likeness (QED) is 0.763. The zero-order valence-electron chi connectivity index (χ0n) is 12.9. The van der Waals surface area contributed by atoms with Crippen LogP contribution in [0.2, 0.25) is 0 Å². The largest absolute Gasteiger partial charge is 0.406 e. The van der Waals surface area contributed by atoms with Crippen molar-refractivity contribution in [3.8, 4) is 0 Å². The van der Waals surface area contributed by atoms with Gasteiger partial charge in [-0.25, -0.2) is 0 Å². The second-order valence-corrected chi connectivity index (χ2v) is 5.99. The van der Waals surface area contributed by atoms with E-state index in [1.54, 1.807) is 7.11 Å². The molecule has 0 aliphatic carbocycles. The third kappa shape index (κ3) is 6.62. The Labute approximate surface area is 123 Å². The van der Waals surface area contributed by atoms with Gasteiger partial charge in [-0.05, 0) is 13.8 Å². The van der Waals surface area contributed by atoms with Gasteiger partial charge < -0.3 is 14.4 Å². The molecule has 0 N–H and O–H groups in total. The first-order chi connectivity index (χ1) is 9.52. The Kier molecular flexibility index (Phi) is 6.01. The van der Waals surface area contributed by atoms with Crippen LogP contribution in [0.1, 0.15) is 13.8 Å². The number of ether oxygens (including phenoxy) is 2. The van der Waals surface area contributed by atoms with Crippen molar-refractivity contribution in [3.63, 3.8) is 0 Å². The number of methoxy groups -OCH3 is 1. The number of likely N-dealkylation sites (N-methyl/N-ethyl adjacent to an activating group) is 1. The van der Waals surface area contributed by atoms with Crippen LogP contribution in [0.5, 0.6) is 0 Å². The van der Waals surface area contributed by atoms with Gasteiger partial charge in [-0.15, -0.1) is 0 Å². The number of morpholine rings is 1. The molecule has 1 aliphatic rings. The third-order valence-corrected chi connectivity index (χ3v) is 3.11. The second-order valence-electron chi connectivity index (χ2n) is 5.99. The van der Waals surface area contributed by atoms with Crippen molar-refractivity contribution in [1.29, 1.82) is 0 Å². The highest BCUT2D eigenvalue weighted by Crippen LogP contribution is 2.21. The predicted molar refractivity (Wildman–Crippen MR) is 71.0 cm³/mol. The Morgan fingerprint density at radius 2 is 2.10 bits per heavy atom. The molecule has 1 fully saturated rings. The summed E-state index contributed by atoms with van der Waals surface area (Å²) < 4.78 is 47.7. The first-order valence-corrected chi connectivity index (χ1v) is 6.72. The van der Waals surface area contributed by atoms with Crippen molar-refractivity contribution in [2.24, 2.45) is 0 Å². The van der Waals surface area contributed by atoms with Crippen molar-refractivity contribution >= 4 is 5.91 Å². The van der Waals surface area contributed by atoms with Gasteiger partial charge in [0.15, 0.2) is 0 Å². The van der Waals surface area contributed by atoms with Gasteiger partial charge in [-0.2, -0.15) is 13.2 Å². The fraction of sp³-hybridized carbons (Fsp3) is 0.923. The molecule has 0 radical (unpaired) electrons. The lowest BCUT2D eigenvalue weighted by molar-refractivity contribution is -0.168. The number of rotatable bonds is 5. The van der Waals surface area contributed by atoms with Gasteiger partial charge in [0.2, 0.25) is 5.91 Å². The molecule has 1 amide bonds. The number of carbonyl (C=O) groups is 1. The van der Waals surface area contributed by atoms with E-state index in [4.69, 9.17) is 9.47 Å². The maximum atomic E-state index is 12.3. The van der Waals surface area contributed by atoms with E-state index in [-0.39, 0.29) is 12.6 Å². The molecular formula is C13H23F3N2O3. The summed E-state index contributed by atoms with van der Waals surface area (Å²) in [5, 5.41) is 0. The molecule has 1 aliphatic heterocycles. The van der Waals surface area contributed by atoms with E-state index in [1.807, 2.05) is 18.7 Å². The van der Waals surface area contributed by atoms with Gasteiger partial charge >= 0.3 is 6.18 Å². The Hall–Kier alpha value is -0.860. The summed E-state index contributed by atoms with van der Waals surface area (Å²) in [6.07, 6.45) is -4.58. The van der Waals surface area contributed by atoms with E-state index >= 15 is 0 Å². The molecule has 1 atom stereocenters. The zero-order chi connectivity index (χ0) is 16.3. The molecule has 124 valence electrons. The fourth-order valence-corrected chi connectivity index (χ4v) is 2.48. The lowest BCUT2D eigenvalue weighted by Gasteiger charge is -2.42. The Balaban J connectivity index is 2.58. The summed E-state index contributed by atoms with van der Waals surface area (Å²) in [5.74, 6) is -0.554. The van der Waals surface area contributed by atoms with Crippen LogP contribution >= 0.6 is 0 Å². The van der Waals surface area contributed by atoms with E-state index < -0.39 is 24.2 Å². The maximum absolute atomic E-state index is 12.3. The Bertz CT molecular complexity index is 361. The standard InChI is InChI=1S/C13H23F3N2O3/c1-12(2)8-18(5-10(21-12)7-20-4)6-11(19)17(3)9-13(14,15)16/h10H,5-9H2,1-4H3/t10-/m1/s1. The molecule has 8 heteroatoms. The monoisotopic (exact) mass is 312 g/mol. The van der Waals surface area contributed by atoms with Gasteiger partial charge in [0.1, 0.15) is 6.54 Å². The molecule has 0 aromatic carbocycles. The summed E-state index contributed by atoms with van der Waals surface area (Å²) in [7, 11) is 2.71.